The summed E-state index contributed by atoms with van der Waals surface area (Å²) in [7, 11) is 0. The molecule has 0 saturated carbocycles. The number of allylic oxidation sites excluding steroid dienone is 1. The number of hydrogen-bond donors (Lipinski definition) is 2. The van der Waals surface area contributed by atoms with Gasteiger partial charge in [0, 0.05) is 12.8 Å². The number of hydrogen-bond acceptors (Lipinski definition) is 4. The average Bonchev–Trinajstić information content (AvgIpc) is 1.88. The molecular formula is C6H12N4. The molecule has 0 aromatic rings. The van der Waals surface area contributed by atoms with Gasteiger partial charge in [0.15, 0.2) is 6.29 Å². The summed E-state index contributed by atoms with van der Waals surface area (Å²) < 4.78 is 0. The van der Waals surface area contributed by atoms with E-state index < -0.39 is 0 Å². The molecule has 0 radical (unpaired) electrons. The van der Waals surface area contributed by atoms with Gasteiger partial charge in [-0.05, 0) is 13.0 Å². The van der Waals surface area contributed by atoms with Crippen molar-refractivity contribution in [3.05, 3.63) is 11.9 Å². The molecule has 0 amide bonds. The van der Waals surface area contributed by atoms with E-state index in [9.17, 15) is 0 Å². The Balaban J connectivity index is 2.71. The van der Waals surface area contributed by atoms with E-state index in [4.69, 9.17) is 11.5 Å². The predicted molar refractivity (Wildman–Crippen MR) is 41.1 cm³/mol. The highest BCUT2D eigenvalue weighted by atomic mass is 15.4. The van der Waals surface area contributed by atoms with Gasteiger partial charge in [0.1, 0.15) is 5.82 Å². The van der Waals surface area contributed by atoms with Crippen molar-refractivity contribution in [3.8, 4) is 0 Å². The molecule has 0 aromatic heterocycles. The van der Waals surface area contributed by atoms with Gasteiger partial charge in [0.25, 0.3) is 0 Å². The topological polar surface area (TPSA) is 67.6 Å². The van der Waals surface area contributed by atoms with Gasteiger partial charge in [0.05, 0.1) is 0 Å². The minimum Gasteiger partial charge on any atom is -0.385 e. The highest BCUT2D eigenvalue weighted by molar-refractivity contribution is 5.72. The molecule has 4 N–H and O–H groups in total. The van der Waals surface area contributed by atoms with Crippen LogP contribution in [0.2, 0.25) is 0 Å². The molecular weight excluding hydrogens is 128 g/mol. The summed E-state index contributed by atoms with van der Waals surface area (Å²) in [5.41, 5.74) is 11.2. The van der Waals surface area contributed by atoms with E-state index in [1.54, 1.807) is 12.3 Å². The van der Waals surface area contributed by atoms with Crippen molar-refractivity contribution < 1.29 is 0 Å². The van der Waals surface area contributed by atoms with Crippen molar-refractivity contribution in [2.75, 3.05) is 6.54 Å². The smallest absolute Gasteiger partial charge is 0.174 e. The van der Waals surface area contributed by atoms with Crippen LogP contribution in [-0.4, -0.2) is 23.9 Å². The van der Waals surface area contributed by atoms with E-state index in [0.717, 1.165) is 6.54 Å². The van der Waals surface area contributed by atoms with Gasteiger partial charge in [-0.2, -0.15) is 0 Å². The van der Waals surface area contributed by atoms with Gasteiger partial charge in [-0.1, -0.05) is 0 Å². The van der Waals surface area contributed by atoms with Crippen molar-refractivity contribution in [1.29, 1.82) is 0 Å². The molecule has 0 aliphatic carbocycles. The molecule has 0 fully saturated rings. The fourth-order valence-electron chi connectivity index (χ4n) is 0.906. The van der Waals surface area contributed by atoms with Crippen molar-refractivity contribution >= 4 is 6.21 Å². The lowest BCUT2D eigenvalue weighted by Gasteiger charge is -2.28. The summed E-state index contributed by atoms with van der Waals surface area (Å²) in [4.78, 5) is 5.77. The van der Waals surface area contributed by atoms with Gasteiger partial charge in [-0.15, -0.1) is 0 Å². The predicted octanol–water partition coefficient (Wildman–Crippen LogP) is -0.565. The fourth-order valence-corrected chi connectivity index (χ4v) is 0.906. The zero-order valence-corrected chi connectivity index (χ0v) is 5.99. The molecule has 4 heteroatoms. The molecule has 0 spiro atoms. The van der Waals surface area contributed by atoms with E-state index in [2.05, 4.69) is 4.99 Å². The van der Waals surface area contributed by atoms with Gasteiger partial charge in [-0.3, -0.25) is 10.7 Å². The lowest BCUT2D eigenvalue weighted by Crippen LogP contribution is -2.43. The first-order valence-electron chi connectivity index (χ1n) is 3.27. The first-order chi connectivity index (χ1) is 4.75. The molecule has 56 valence electrons. The first-order valence-corrected chi connectivity index (χ1v) is 3.27. The van der Waals surface area contributed by atoms with Gasteiger partial charge < -0.3 is 10.6 Å². The van der Waals surface area contributed by atoms with Crippen molar-refractivity contribution in [2.24, 2.45) is 16.5 Å². The van der Waals surface area contributed by atoms with Crippen LogP contribution < -0.4 is 11.5 Å². The highest BCUT2D eigenvalue weighted by Crippen LogP contribution is 2.04. The number of aliphatic imine (C=N–C) groups is 1. The Morgan fingerprint density at radius 1 is 1.80 bits per heavy atom. The van der Waals surface area contributed by atoms with Crippen LogP contribution in [0, 0.1) is 0 Å². The monoisotopic (exact) mass is 140 g/mol. The molecule has 1 unspecified atom stereocenters. The Morgan fingerprint density at radius 2 is 2.50 bits per heavy atom. The summed E-state index contributed by atoms with van der Waals surface area (Å²) in [5.74, 6) is 0.685. The zero-order valence-electron chi connectivity index (χ0n) is 5.99. The van der Waals surface area contributed by atoms with Crippen LogP contribution >= 0.6 is 0 Å². The SMILES string of the molecule is CCN1C(N)=CC=NC1N. The molecule has 1 rings (SSSR count). The third-order valence-corrected chi connectivity index (χ3v) is 1.48. The molecule has 0 bridgehead atoms. The molecule has 1 aliphatic heterocycles. The molecule has 10 heavy (non-hydrogen) atoms. The molecule has 1 atom stereocenters. The number of rotatable bonds is 1. The summed E-state index contributed by atoms with van der Waals surface area (Å²) in [6.07, 6.45) is 3.08. The Morgan fingerprint density at radius 3 is 2.90 bits per heavy atom. The molecule has 4 nitrogen and oxygen atoms in total. The quantitative estimate of drug-likeness (QED) is 0.512. The maximum Gasteiger partial charge on any atom is 0.174 e. The molecule has 0 aromatic carbocycles. The summed E-state index contributed by atoms with van der Waals surface area (Å²) in [6, 6.07) is 0. The van der Waals surface area contributed by atoms with Gasteiger partial charge >= 0.3 is 0 Å². The van der Waals surface area contributed by atoms with Crippen LogP contribution in [-0.2, 0) is 0 Å². The van der Waals surface area contributed by atoms with Crippen LogP contribution in [0.3, 0.4) is 0 Å². The lowest BCUT2D eigenvalue weighted by molar-refractivity contribution is 0.271. The van der Waals surface area contributed by atoms with Crippen LogP contribution in [0.25, 0.3) is 0 Å². The number of nitrogens with two attached hydrogens (primary N) is 2. The Kier molecular flexibility index (Phi) is 1.91. The maximum absolute atomic E-state index is 5.60. The summed E-state index contributed by atoms with van der Waals surface area (Å²) >= 11 is 0. The minimum absolute atomic E-state index is 0.296. The van der Waals surface area contributed by atoms with Crippen molar-refractivity contribution in [2.45, 2.75) is 13.2 Å². The highest BCUT2D eigenvalue weighted by Gasteiger charge is 2.12. The van der Waals surface area contributed by atoms with Gasteiger partial charge in [0.2, 0.25) is 0 Å². The number of nitrogens with zero attached hydrogens (tertiary/aromatic N) is 2. The van der Waals surface area contributed by atoms with Crippen LogP contribution in [0.4, 0.5) is 0 Å². The van der Waals surface area contributed by atoms with Gasteiger partial charge in [-0.25, -0.2) is 0 Å². The zero-order chi connectivity index (χ0) is 7.56. The Bertz CT molecular complexity index is 173. The fraction of sp³-hybridized carbons (Fsp3) is 0.500. The normalized spacial score (nSPS) is 24.8. The van der Waals surface area contributed by atoms with E-state index >= 15 is 0 Å². The van der Waals surface area contributed by atoms with Crippen molar-refractivity contribution in [3.63, 3.8) is 0 Å². The first kappa shape index (κ1) is 7.08. The van der Waals surface area contributed by atoms with E-state index in [1.807, 2.05) is 11.8 Å². The van der Waals surface area contributed by atoms with E-state index in [0.29, 0.717) is 5.82 Å². The van der Waals surface area contributed by atoms with Crippen LogP contribution in [0.5, 0.6) is 0 Å². The second-order valence-electron chi connectivity index (χ2n) is 2.09. The molecule has 0 saturated heterocycles. The van der Waals surface area contributed by atoms with E-state index in [1.165, 1.54) is 0 Å². The third-order valence-electron chi connectivity index (χ3n) is 1.48. The largest absolute Gasteiger partial charge is 0.385 e. The Labute approximate surface area is 60.2 Å². The second-order valence-corrected chi connectivity index (χ2v) is 2.09. The Hall–Kier alpha value is -1.03. The summed E-state index contributed by atoms with van der Waals surface area (Å²) in [6.45, 7) is 2.78. The van der Waals surface area contributed by atoms with Crippen molar-refractivity contribution in [1.82, 2.24) is 4.90 Å². The molecule has 1 aliphatic rings. The average molecular weight is 140 g/mol. The van der Waals surface area contributed by atoms with Crippen LogP contribution in [0.15, 0.2) is 16.9 Å². The third kappa shape index (κ3) is 1.11. The summed E-state index contributed by atoms with van der Waals surface area (Å²) in [5, 5.41) is 0. The van der Waals surface area contributed by atoms with Crippen LogP contribution in [0.1, 0.15) is 6.92 Å². The second kappa shape index (κ2) is 2.70. The van der Waals surface area contributed by atoms with E-state index in [-0.39, 0.29) is 6.29 Å². The standard InChI is InChI=1S/C6H12N4/c1-2-10-5(7)3-4-9-6(10)8/h3-4,6H,2,7-8H2,1H3. The minimum atomic E-state index is -0.296. The molecule has 1 heterocycles. The maximum atomic E-state index is 5.60. The lowest BCUT2D eigenvalue weighted by atomic mass is 10.4.